The summed E-state index contributed by atoms with van der Waals surface area (Å²) in [4.78, 5) is 15.5. The quantitative estimate of drug-likeness (QED) is 0.581. The molecule has 13 heavy (non-hydrogen) atoms. The molecule has 1 aliphatic rings. The van der Waals surface area contributed by atoms with Crippen LogP contribution in [0, 0.1) is 5.41 Å². The molecule has 1 aliphatic heterocycles. The van der Waals surface area contributed by atoms with Gasteiger partial charge in [0.2, 0.25) is 0 Å². The Morgan fingerprint density at radius 3 is 2.54 bits per heavy atom. The topological polar surface area (TPSA) is 38.7 Å². The van der Waals surface area contributed by atoms with E-state index >= 15 is 0 Å². The Kier molecular flexibility index (Phi) is 2.74. The fraction of sp³-hybridized carbons (Fsp3) is 0.800. The second kappa shape index (κ2) is 3.48. The predicted molar refractivity (Wildman–Crippen MR) is 51.9 cm³/mol. The Morgan fingerprint density at radius 2 is 2.15 bits per heavy atom. The maximum absolute atomic E-state index is 11.2. The molecule has 0 saturated heterocycles. The van der Waals surface area contributed by atoms with Crippen LogP contribution in [0.2, 0.25) is 0 Å². The second-order valence-corrected chi connectivity index (χ2v) is 4.40. The van der Waals surface area contributed by atoms with Crippen molar-refractivity contribution in [1.29, 1.82) is 0 Å². The zero-order valence-corrected chi connectivity index (χ0v) is 8.76. The molecule has 0 fully saturated rings. The van der Waals surface area contributed by atoms with Crippen molar-refractivity contribution in [3.63, 3.8) is 0 Å². The third kappa shape index (κ3) is 2.29. The van der Waals surface area contributed by atoms with Gasteiger partial charge in [-0.25, -0.2) is 4.79 Å². The smallest absolute Gasteiger partial charge is 0.330 e. The molecule has 1 unspecified atom stereocenters. The van der Waals surface area contributed by atoms with Gasteiger partial charge in [0.05, 0.1) is 7.11 Å². The number of methoxy groups -OCH3 is 1. The number of hydrogen-bond acceptors (Lipinski definition) is 3. The molecule has 74 valence electrons. The molecule has 0 radical (unpaired) electrons. The molecule has 3 heteroatoms. The average Bonchev–Trinajstić information content (AvgIpc) is 2.50. The van der Waals surface area contributed by atoms with Crippen LogP contribution in [0.15, 0.2) is 4.99 Å². The van der Waals surface area contributed by atoms with E-state index in [9.17, 15) is 4.79 Å². The Balaban J connectivity index is 2.69. The van der Waals surface area contributed by atoms with Crippen molar-refractivity contribution in [2.24, 2.45) is 10.4 Å². The zero-order chi connectivity index (χ0) is 10.1. The van der Waals surface area contributed by atoms with E-state index in [0.29, 0.717) is 0 Å². The lowest BCUT2D eigenvalue weighted by molar-refractivity contribution is -0.141. The van der Waals surface area contributed by atoms with Gasteiger partial charge in [0.1, 0.15) is 6.04 Å². The van der Waals surface area contributed by atoms with E-state index in [0.717, 1.165) is 18.6 Å². The molecule has 0 amide bonds. The number of ether oxygens (including phenoxy) is 1. The average molecular weight is 183 g/mol. The lowest BCUT2D eigenvalue weighted by Crippen LogP contribution is -2.19. The van der Waals surface area contributed by atoms with Crippen LogP contribution in [0.4, 0.5) is 0 Å². The third-order valence-electron chi connectivity index (χ3n) is 2.31. The van der Waals surface area contributed by atoms with E-state index < -0.39 is 0 Å². The molecular weight excluding hydrogens is 166 g/mol. The van der Waals surface area contributed by atoms with Crippen LogP contribution < -0.4 is 0 Å². The number of aliphatic imine (C=N–C) groups is 1. The highest BCUT2D eigenvalue weighted by molar-refractivity contribution is 5.94. The van der Waals surface area contributed by atoms with Gasteiger partial charge >= 0.3 is 5.97 Å². The van der Waals surface area contributed by atoms with Gasteiger partial charge in [0.15, 0.2) is 0 Å². The molecule has 1 rings (SSSR count). The van der Waals surface area contributed by atoms with E-state index in [2.05, 4.69) is 30.5 Å². The van der Waals surface area contributed by atoms with Crippen LogP contribution in [-0.2, 0) is 9.53 Å². The molecule has 0 aromatic heterocycles. The van der Waals surface area contributed by atoms with Gasteiger partial charge in [0.25, 0.3) is 0 Å². The van der Waals surface area contributed by atoms with Crippen molar-refractivity contribution in [3.05, 3.63) is 0 Å². The number of carbonyl (C=O) groups is 1. The minimum atomic E-state index is -0.251. The van der Waals surface area contributed by atoms with Crippen LogP contribution in [-0.4, -0.2) is 24.8 Å². The van der Waals surface area contributed by atoms with Crippen LogP contribution in [0.1, 0.15) is 33.6 Å². The van der Waals surface area contributed by atoms with E-state index in [1.54, 1.807) is 0 Å². The molecule has 0 saturated carbocycles. The first-order valence-electron chi connectivity index (χ1n) is 4.60. The van der Waals surface area contributed by atoms with Gasteiger partial charge in [0, 0.05) is 5.71 Å². The van der Waals surface area contributed by atoms with Crippen molar-refractivity contribution < 1.29 is 9.53 Å². The van der Waals surface area contributed by atoms with Crippen molar-refractivity contribution in [3.8, 4) is 0 Å². The summed E-state index contributed by atoms with van der Waals surface area (Å²) >= 11 is 0. The lowest BCUT2D eigenvalue weighted by Gasteiger charge is -2.17. The minimum Gasteiger partial charge on any atom is -0.467 e. The fourth-order valence-corrected chi connectivity index (χ4v) is 1.47. The molecule has 0 spiro atoms. The Labute approximate surface area is 79.2 Å². The molecule has 0 aromatic rings. The third-order valence-corrected chi connectivity index (χ3v) is 2.31. The van der Waals surface area contributed by atoms with E-state index in [4.69, 9.17) is 0 Å². The zero-order valence-electron chi connectivity index (χ0n) is 8.76. The summed E-state index contributed by atoms with van der Waals surface area (Å²) in [6.07, 6.45) is 1.72. The van der Waals surface area contributed by atoms with Gasteiger partial charge in [-0.05, 0) is 18.3 Å². The Hall–Kier alpha value is -0.860. The van der Waals surface area contributed by atoms with Crippen molar-refractivity contribution in [2.45, 2.75) is 39.7 Å². The lowest BCUT2D eigenvalue weighted by atomic mass is 9.88. The second-order valence-electron chi connectivity index (χ2n) is 4.40. The predicted octanol–water partition coefficient (Wildman–Crippen LogP) is 1.81. The highest BCUT2D eigenvalue weighted by atomic mass is 16.5. The molecule has 0 bridgehead atoms. The van der Waals surface area contributed by atoms with Gasteiger partial charge in [-0.2, -0.15) is 0 Å². The van der Waals surface area contributed by atoms with Crippen LogP contribution in [0.25, 0.3) is 0 Å². The first-order valence-corrected chi connectivity index (χ1v) is 4.60. The SMILES string of the molecule is COC(=O)C1CCC(C(C)(C)C)=N1. The molecule has 0 aliphatic carbocycles. The van der Waals surface area contributed by atoms with Crippen molar-refractivity contribution in [1.82, 2.24) is 0 Å². The summed E-state index contributed by atoms with van der Waals surface area (Å²) in [5, 5.41) is 0. The monoisotopic (exact) mass is 183 g/mol. The highest BCUT2D eigenvalue weighted by Crippen LogP contribution is 2.26. The first-order chi connectivity index (χ1) is 5.95. The molecule has 0 N–H and O–H groups in total. The van der Waals surface area contributed by atoms with Crippen molar-refractivity contribution >= 4 is 11.7 Å². The number of nitrogens with zero attached hydrogens (tertiary/aromatic N) is 1. The minimum absolute atomic E-state index is 0.0861. The fourth-order valence-electron chi connectivity index (χ4n) is 1.47. The summed E-state index contributed by atoms with van der Waals surface area (Å²) in [7, 11) is 1.41. The van der Waals surface area contributed by atoms with Crippen LogP contribution in [0.3, 0.4) is 0 Å². The Bertz CT molecular complexity index is 238. The van der Waals surface area contributed by atoms with E-state index in [1.165, 1.54) is 7.11 Å². The molecule has 3 nitrogen and oxygen atoms in total. The number of rotatable bonds is 1. The van der Waals surface area contributed by atoms with Crippen LogP contribution in [0.5, 0.6) is 0 Å². The van der Waals surface area contributed by atoms with Crippen molar-refractivity contribution in [2.75, 3.05) is 7.11 Å². The van der Waals surface area contributed by atoms with Gasteiger partial charge < -0.3 is 4.74 Å². The maximum atomic E-state index is 11.2. The van der Waals surface area contributed by atoms with E-state index in [1.807, 2.05) is 0 Å². The summed E-state index contributed by atoms with van der Waals surface area (Å²) < 4.78 is 4.65. The van der Waals surface area contributed by atoms with Gasteiger partial charge in [-0.1, -0.05) is 20.8 Å². The largest absolute Gasteiger partial charge is 0.467 e. The summed E-state index contributed by atoms with van der Waals surface area (Å²) in [6, 6.07) is -0.251. The molecular formula is C10H17NO2. The molecule has 1 atom stereocenters. The molecule has 0 aromatic carbocycles. The summed E-state index contributed by atoms with van der Waals surface area (Å²) in [5.41, 5.74) is 1.21. The number of carbonyl (C=O) groups excluding carboxylic acids is 1. The maximum Gasteiger partial charge on any atom is 0.330 e. The number of hydrogen-bond donors (Lipinski definition) is 0. The molecule has 1 heterocycles. The first kappa shape index (κ1) is 10.2. The number of esters is 1. The standard InChI is InChI=1S/C10H17NO2/c1-10(2,3)8-6-5-7(11-8)9(12)13-4/h7H,5-6H2,1-4H3. The normalized spacial score (nSPS) is 22.8. The summed E-state index contributed by atoms with van der Waals surface area (Å²) in [6.45, 7) is 6.35. The Morgan fingerprint density at radius 1 is 1.54 bits per heavy atom. The van der Waals surface area contributed by atoms with Crippen LogP contribution >= 0.6 is 0 Å². The van der Waals surface area contributed by atoms with E-state index in [-0.39, 0.29) is 17.4 Å². The highest BCUT2D eigenvalue weighted by Gasteiger charge is 2.30. The van der Waals surface area contributed by atoms with Gasteiger partial charge in [-0.15, -0.1) is 0 Å². The van der Waals surface area contributed by atoms with Gasteiger partial charge in [-0.3, -0.25) is 4.99 Å². The summed E-state index contributed by atoms with van der Waals surface area (Å²) in [5.74, 6) is -0.209.